The second-order valence-corrected chi connectivity index (χ2v) is 5.49. The van der Waals surface area contributed by atoms with Gasteiger partial charge < -0.3 is 15.7 Å². The predicted octanol–water partition coefficient (Wildman–Crippen LogP) is 2.77. The van der Waals surface area contributed by atoms with Crippen LogP contribution in [-0.2, 0) is 4.79 Å². The number of benzene rings is 1. The summed E-state index contributed by atoms with van der Waals surface area (Å²) in [6.07, 6.45) is 0. The van der Waals surface area contributed by atoms with Gasteiger partial charge in [-0.05, 0) is 25.0 Å². The number of aliphatic carboxylic acids is 1. The van der Waals surface area contributed by atoms with Crippen molar-refractivity contribution in [2.75, 3.05) is 5.32 Å². The zero-order valence-corrected chi connectivity index (χ0v) is 12.8. The van der Waals surface area contributed by atoms with Crippen molar-refractivity contribution in [3.05, 3.63) is 36.0 Å². The van der Waals surface area contributed by atoms with E-state index >= 15 is 0 Å². The Labute approximate surface area is 128 Å². The SMILES string of the molecule is Cc1cc(NC(=O)NC(C(=O)O)C(C)C)c2ccccc2n1. The highest BCUT2D eigenvalue weighted by molar-refractivity contribution is 6.01. The molecule has 6 heteroatoms. The van der Waals surface area contributed by atoms with E-state index < -0.39 is 18.0 Å². The summed E-state index contributed by atoms with van der Waals surface area (Å²) in [7, 11) is 0. The fourth-order valence-electron chi connectivity index (χ4n) is 2.22. The number of carboxylic acid groups (broad SMARTS) is 1. The first-order valence-electron chi connectivity index (χ1n) is 7.05. The third kappa shape index (κ3) is 3.52. The highest BCUT2D eigenvalue weighted by atomic mass is 16.4. The van der Waals surface area contributed by atoms with E-state index in [1.165, 1.54) is 0 Å². The molecule has 0 aliphatic carbocycles. The Bertz CT molecular complexity index is 713. The number of nitrogens with one attached hydrogen (secondary N) is 2. The first kappa shape index (κ1) is 15.8. The van der Waals surface area contributed by atoms with Gasteiger partial charge in [0.2, 0.25) is 0 Å². The summed E-state index contributed by atoms with van der Waals surface area (Å²) in [6, 6.07) is 7.72. The molecule has 2 amide bonds. The number of pyridine rings is 1. The molecule has 2 aromatic rings. The topological polar surface area (TPSA) is 91.3 Å². The second kappa shape index (κ2) is 6.43. The minimum atomic E-state index is -1.05. The van der Waals surface area contributed by atoms with E-state index in [1.807, 2.05) is 31.2 Å². The molecule has 1 unspecified atom stereocenters. The van der Waals surface area contributed by atoms with Gasteiger partial charge in [-0.15, -0.1) is 0 Å². The number of nitrogens with zero attached hydrogens (tertiary/aromatic N) is 1. The minimum absolute atomic E-state index is 0.209. The number of rotatable bonds is 4. The highest BCUT2D eigenvalue weighted by Crippen LogP contribution is 2.22. The first-order valence-corrected chi connectivity index (χ1v) is 7.05. The average Bonchev–Trinajstić information content (AvgIpc) is 2.44. The summed E-state index contributed by atoms with van der Waals surface area (Å²) < 4.78 is 0. The van der Waals surface area contributed by atoms with E-state index in [9.17, 15) is 9.59 Å². The number of amides is 2. The first-order chi connectivity index (χ1) is 10.4. The molecule has 3 N–H and O–H groups in total. The van der Waals surface area contributed by atoms with Gasteiger partial charge in [0.1, 0.15) is 6.04 Å². The zero-order valence-electron chi connectivity index (χ0n) is 12.8. The highest BCUT2D eigenvalue weighted by Gasteiger charge is 2.23. The molecule has 0 aliphatic rings. The lowest BCUT2D eigenvalue weighted by molar-refractivity contribution is -0.140. The number of carboxylic acids is 1. The third-order valence-corrected chi connectivity index (χ3v) is 3.31. The molecule has 22 heavy (non-hydrogen) atoms. The van der Waals surface area contributed by atoms with Crippen molar-refractivity contribution in [3.63, 3.8) is 0 Å². The molecule has 1 aromatic heterocycles. The van der Waals surface area contributed by atoms with Crippen LogP contribution in [0.4, 0.5) is 10.5 Å². The molecular weight excluding hydrogens is 282 g/mol. The fourth-order valence-corrected chi connectivity index (χ4v) is 2.22. The van der Waals surface area contributed by atoms with Crippen LogP contribution >= 0.6 is 0 Å². The van der Waals surface area contributed by atoms with E-state index in [-0.39, 0.29) is 5.92 Å². The van der Waals surface area contributed by atoms with Crippen molar-refractivity contribution in [1.29, 1.82) is 0 Å². The Kier molecular flexibility index (Phi) is 4.60. The van der Waals surface area contributed by atoms with Crippen LogP contribution in [0.1, 0.15) is 19.5 Å². The van der Waals surface area contributed by atoms with Crippen molar-refractivity contribution < 1.29 is 14.7 Å². The molecule has 0 spiro atoms. The molecule has 116 valence electrons. The molecule has 0 radical (unpaired) electrons. The second-order valence-electron chi connectivity index (χ2n) is 5.49. The van der Waals surface area contributed by atoms with Gasteiger partial charge in [-0.25, -0.2) is 9.59 Å². The van der Waals surface area contributed by atoms with E-state index in [0.717, 1.165) is 16.6 Å². The quantitative estimate of drug-likeness (QED) is 0.809. The molecule has 1 aromatic carbocycles. The third-order valence-electron chi connectivity index (χ3n) is 3.31. The van der Waals surface area contributed by atoms with Crippen LogP contribution in [0.25, 0.3) is 10.9 Å². The van der Waals surface area contributed by atoms with E-state index in [2.05, 4.69) is 15.6 Å². The number of anilines is 1. The molecule has 6 nitrogen and oxygen atoms in total. The lowest BCUT2D eigenvalue weighted by Gasteiger charge is -2.18. The Morgan fingerprint density at radius 3 is 2.55 bits per heavy atom. The van der Waals surface area contributed by atoms with Gasteiger partial charge in [0.05, 0.1) is 11.2 Å². The maximum Gasteiger partial charge on any atom is 0.326 e. The van der Waals surface area contributed by atoms with Gasteiger partial charge in [-0.2, -0.15) is 0 Å². The van der Waals surface area contributed by atoms with E-state index in [4.69, 9.17) is 5.11 Å². The van der Waals surface area contributed by atoms with Crippen molar-refractivity contribution in [2.24, 2.45) is 5.92 Å². The maximum absolute atomic E-state index is 12.1. The number of fused-ring (bicyclic) bond motifs is 1. The molecule has 0 saturated carbocycles. The number of aryl methyl sites for hydroxylation is 1. The zero-order chi connectivity index (χ0) is 16.3. The van der Waals surface area contributed by atoms with E-state index in [1.54, 1.807) is 19.9 Å². The number of hydrogen-bond donors (Lipinski definition) is 3. The summed E-state index contributed by atoms with van der Waals surface area (Å²) in [5.41, 5.74) is 2.15. The lowest BCUT2D eigenvalue weighted by atomic mass is 10.1. The average molecular weight is 301 g/mol. The van der Waals surface area contributed by atoms with Crippen LogP contribution in [0, 0.1) is 12.8 Å². The van der Waals surface area contributed by atoms with Crippen molar-refractivity contribution in [1.82, 2.24) is 10.3 Å². The van der Waals surface area contributed by atoms with Crippen LogP contribution in [-0.4, -0.2) is 28.1 Å². The molecule has 0 aliphatic heterocycles. The van der Waals surface area contributed by atoms with Crippen molar-refractivity contribution in [2.45, 2.75) is 26.8 Å². The van der Waals surface area contributed by atoms with Gasteiger partial charge in [0.15, 0.2) is 0 Å². The monoisotopic (exact) mass is 301 g/mol. The fraction of sp³-hybridized carbons (Fsp3) is 0.312. The van der Waals surface area contributed by atoms with Crippen LogP contribution in [0.2, 0.25) is 0 Å². The smallest absolute Gasteiger partial charge is 0.326 e. The lowest BCUT2D eigenvalue weighted by Crippen LogP contribution is -2.46. The standard InChI is InChI=1S/C16H19N3O3/c1-9(2)14(15(20)21)19-16(22)18-13-8-10(3)17-12-7-5-4-6-11(12)13/h4-9,14H,1-3H3,(H,20,21)(H2,17,18,19,22). The molecule has 1 heterocycles. The Morgan fingerprint density at radius 1 is 1.23 bits per heavy atom. The van der Waals surface area contributed by atoms with Crippen LogP contribution in [0.15, 0.2) is 30.3 Å². The summed E-state index contributed by atoms with van der Waals surface area (Å²) in [5, 5.41) is 15.1. The largest absolute Gasteiger partial charge is 0.480 e. The molecule has 0 fully saturated rings. The number of para-hydroxylation sites is 1. The summed E-state index contributed by atoms with van der Waals surface area (Å²) in [4.78, 5) is 27.6. The molecule has 0 bridgehead atoms. The number of aromatic nitrogens is 1. The predicted molar refractivity (Wildman–Crippen MR) is 84.9 cm³/mol. The van der Waals surface area contributed by atoms with Crippen LogP contribution in [0.5, 0.6) is 0 Å². The number of carbonyl (C=O) groups is 2. The summed E-state index contributed by atoms with van der Waals surface area (Å²) in [6.45, 7) is 5.32. The molecular formula is C16H19N3O3. The Morgan fingerprint density at radius 2 is 1.91 bits per heavy atom. The Balaban J connectivity index is 2.23. The van der Waals surface area contributed by atoms with Crippen LogP contribution < -0.4 is 10.6 Å². The maximum atomic E-state index is 12.1. The Hall–Kier alpha value is -2.63. The van der Waals surface area contributed by atoms with Gasteiger partial charge in [-0.3, -0.25) is 4.98 Å². The van der Waals surface area contributed by atoms with Crippen LogP contribution in [0.3, 0.4) is 0 Å². The normalized spacial score (nSPS) is 12.2. The van der Waals surface area contributed by atoms with Gasteiger partial charge in [0.25, 0.3) is 0 Å². The molecule has 1 atom stereocenters. The van der Waals surface area contributed by atoms with Gasteiger partial charge in [0, 0.05) is 11.1 Å². The molecule has 2 rings (SSSR count). The van der Waals surface area contributed by atoms with Gasteiger partial charge in [-0.1, -0.05) is 32.0 Å². The number of urea groups is 1. The molecule has 0 saturated heterocycles. The minimum Gasteiger partial charge on any atom is -0.480 e. The summed E-state index contributed by atoms with van der Waals surface area (Å²) in [5.74, 6) is -1.26. The number of carbonyl (C=O) groups excluding carboxylic acids is 1. The van der Waals surface area contributed by atoms with Crippen molar-refractivity contribution >= 4 is 28.6 Å². The summed E-state index contributed by atoms with van der Waals surface area (Å²) >= 11 is 0. The van der Waals surface area contributed by atoms with Gasteiger partial charge >= 0.3 is 12.0 Å². The van der Waals surface area contributed by atoms with Crippen molar-refractivity contribution in [3.8, 4) is 0 Å². The van der Waals surface area contributed by atoms with E-state index in [0.29, 0.717) is 5.69 Å². The number of hydrogen-bond acceptors (Lipinski definition) is 3.